The Morgan fingerprint density at radius 3 is 2.24 bits per heavy atom. The summed E-state index contributed by atoms with van der Waals surface area (Å²) in [6.07, 6.45) is 1.22. The first-order valence-electron chi connectivity index (χ1n) is 8.51. The number of sulfone groups is 1. The lowest BCUT2D eigenvalue weighted by atomic mass is 9.96. The third-order valence-corrected chi connectivity index (χ3v) is 7.52. The number of amides is 1. The molecule has 1 amide bonds. The van der Waals surface area contributed by atoms with E-state index in [2.05, 4.69) is 15.9 Å². The Kier molecular flexibility index (Phi) is 6.56. The number of hydrogen-bond donors (Lipinski definition) is 1. The summed E-state index contributed by atoms with van der Waals surface area (Å²) in [5, 5.41) is 9.45. The molecule has 0 saturated heterocycles. The van der Waals surface area contributed by atoms with Crippen molar-refractivity contribution in [3.63, 3.8) is 0 Å². The third-order valence-electron chi connectivity index (χ3n) is 3.90. The average Bonchev–Trinajstić information content (AvgIpc) is 2.93. The Hall–Kier alpha value is -1.85. The van der Waals surface area contributed by atoms with Gasteiger partial charge in [0.25, 0.3) is 10.0 Å². The summed E-state index contributed by atoms with van der Waals surface area (Å²) < 4.78 is 50.7. The second-order valence-corrected chi connectivity index (χ2v) is 12.6. The van der Waals surface area contributed by atoms with Gasteiger partial charge in [-0.15, -0.1) is 0 Å². The monoisotopic (exact) mass is 506 g/mol. The summed E-state index contributed by atoms with van der Waals surface area (Å²) in [5.41, 5.74) is 0.211. The fourth-order valence-corrected chi connectivity index (χ4v) is 5.72. The van der Waals surface area contributed by atoms with Crippen LogP contribution in [0, 0.1) is 5.41 Å². The van der Waals surface area contributed by atoms with Crippen LogP contribution in [0.4, 0.5) is 4.79 Å². The molecule has 11 heteroatoms. The molecule has 8 nitrogen and oxygen atoms in total. The van der Waals surface area contributed by atoms with Gasteiger partial charge in [0.1, 0.15) is 4.60 Å². The van der Waals surface area contributed by atoms with Crippen LogP contribution in [0.1, 0.15) is 26.3 Å². The van der Waals surface area contributed by atoms with Gasteiger partial charge in [0.15, 0.2) is 9.84 Å². The van der Waals surface area contributed by atoms with Crippen LogP contribution < -0.4 is 0 Å². The van der Waals surface area contributed by atoms with Crippen LogP contribution in [0.15, 0.2) is 50.9 Å². The molecule has 0 radical (unpaired) electrons. The standard InChI is InChI=1S/C18H23BrN2O6S2/c1-18(2,3)12-20(17(22)23)10-13-8-16(19)21(11-13)29(26,27)15-7-5-6-14(9-15)28(4,24)25/h5-9,11H,10,12H2,1-4H3,(H,22,23). The number of benzene rings is 1. The van der Waals surface area contributed by atoms with Crippen molar-refractivity contribution in [2.75, 3.05) is 12.8 Å². The summed E-state index contributed by atoms with van der Waals surface area (Å²) in [7, 11) is -7.66. The van der Waals surface area contributed by atoms with Crippen LogP contribution >= 0.6 is 15.9 Å². The molecule has 0 aliphatic carbocycles. The Morgan fingerprint density at radius 2 is 1.72 bits per heavy atom. The first-order valence-corrected chi connectivity index (χ1v) is 12.6. The van der Waals surface area contributed by atoms with Gasteiger partial charge in [-0.2, -0.15) is 0 Å². The highest BCUT2D eigenvalue weighted by Gasteiger charge is 2.25. The van der Waals surface area contributed by atoms with Crippen molar-refractivity contribution in [2.24, 2.45) is 5.41 Å². The molecule has 0 spiro atoms. The second kappa shape index (κ2) is 8.11. The molecule has 0 atom stereocenters. The first-order chi connectivity index (χ1) is 13.1. The fraction of sp³-hybridized carbons (Fsp3) is 0.389. The lowest BCUT2D eigenvalue weighted by Crippen LogP contribution is -2.36. The van der Waals surface area contributed by atoms with E-state index < -0.39 is 26.0 Å². The number of carbonyl (C=O) groups is 1. The number of halogens is 1. The predicted octanol–water partition coefficient (Wildman–Crippen LogP) is 3.42. The van der Waals surface area contributed by atoms with E-state index in [-0.39, 0.29) is 32.9 Å². The molecule has 0 aliphatic heterocycles. The highest BCUT2D eigenvalue weighted by Crippen LogP contribution is 2.26. The van der Waals surface area contributed by atoms with Crippen molar-refractivity contribution in [3.05, 3.63) is 46.7 Å². The molecule has 0 fully saturated rings. The molecule has 29 heavy (non-hydrogen) atoms. The maximum Gasteiger partial charge on any atom is 0.407 e. The molecule has 1 N–H and O–H groups in total. The minimum absolute atomic E-state index is 0.0110. The maximum atomic E-state index is 13.0. The number of hydrogen-bond acceptors (Lipinski definition) is 5. The van der Waals surface area contributed by atoms with Gasteiger partial charge in [0, 0.05) is 19.0 Å². The zero-order chi connectivity index (χ0) is 22.2. The van der Waals surface area contributed by atoms with Gasteiger partial charge in [-0.25, -0.2) is 25.6 Å². The van der Waals surface area contributed by atoms with Gasteiger partial charge in [-0.3, -0.25) is 0 Å². The minimum atomic E-state index is -4.08. The van der Waals surface area contributed by atoms with E-state index in [4.69, 9.17) is 0 Å². The Labute approximate surface area is 179 Å². The van der Waals surface area contributed by atoms with Gasteiger partial charge in [-0.1, -0.05) is 26.8 Å². The fourth-order valence-electron chi connectivity index (χ4n) is 2.70. The second-order valence-electron chi connectivity index (χ2n) is 7.92. The number of rotatable bonds is 6. The highest BCUT2D eigenvalue weighted by molar-refractivity contribution is 9.10. The molecular weight excluding hydrogens is 484 g/mol. The van der Waals surface area contributed by atoms with Crippen LogP contribution in [0.25, 0.3) is 0 Å². The van der Waals surface area contributed by atoms with Crippen molar-refractivity contribution in [2.45, 2.75) is 37.1 Å². The highest BCUT2D eigenvalue weighted by atomic mass is 79.9. The average molecular weight is 507 g/mol. The molecule has 2 rings (SSSR count). The summed E-state index contributed by atoms with van der Waals surface area (Å²) in [6.45, 7) is 6.00. The van der Waals surface area contributed by atoms with Crippen LogP contribution in [0.2, 0.25) is 0 Å². The summed E-state index contributed by atoms with van der Waals surface area (Å²) in [5.74, 6) is 0. The SMILES string of the molecule is CC(C)(C)CN(Cc1cc(Br)n(S(=O)(=O)c2cccc(S(C)(=O)=O)c2)c1)C(=O)O. The zero-order valence-electron chi connectivity index (χ0n) is 16.5. The normalized spacial score (nSPS) is 12.7. The molecule has 0 saturated carbocycles. The van der Waals surface area contributed by atoms with Crippen molar-refractivity contribution in [3.8, 4) is 0 Å². The molecule has 1 aromatic heterocycles. The van der Waals surface area contributed by atoms with E-state index in [1.54, 1.807) is 0 Å². The van der Waals surface area contributed by atoms with Crippen molar-refractivity contribution in [1.82, 2.24) is 8.87 Å². The molecule has 1 aromatic carbocycles. The number of carboxylic acid groups (broad SMARTS) is 1. The molecule has 160 valence electrons. The van der Waals surface area contributed by atoms with Crippen LogP contribution in [-0.2, 0) is 26.4 Å². The van der Waals surface area contributed by atoms with E-state index >= 15 is 0 Å². The molecule has 1 heterocycles. The lowest BCUT2D eigenvalue weighted by molar-refractivity contribution is 0.123. The quantitative estimate of drug-likeness (QED) is 0.641. The van der Waals surface area contributed by atoms with Gasteiger partial charge >= 0.3 is 6.09 Å². The van der Waals surface area contributed by atoms with E-state index in [0.717, 1.165) is 16.3 Å². The van der Waals surface area contributed by atoms with Gasteiger partial charge < -0.3 is 10.0 Å². The number of nitrogens with zero attached hydrogens (tertiary/aromatic N) is 2. The number of aromatic nitrogens is 1. The van der Waals surface area contributed by atoms with Gasteiger partial charge in [0.2, 0.25) is 0 Å². The summed E-state index contributed by atoms with van der Waals surface area (Å²) in [4.78, 5) is 12.5. The molecular formula is C18H23BrN2O6S2. The lowest BCUT2D eigenvalue weighted by Gasteiger charge is -2.27. The van der Waals surface area contributed by atoms with Crippen LogP contribution in [-0.4, -0.2) is 49.7 Å². The van der Waals surface area contributed by atoms with E-state index in [1.165, 1.54) is 35.4 Å². The first kappa shape index (κ1) is 23.4. The topological polar surface area (TPSA) is 114 Å². The molecule has 0 bridgehead atoms. The van der Waals surface area contributed by atoms with E-state index in [0.29, 0.717) is 5.56 Å². The van der Waals surface area contributed by atoms with Crippen molar-refractivity contribution < 1.29 is 26.7 Å². The maximum absolute atomic E-state index is 13.0. The largest absolute Gasteiger partial charge is 0.465 e. The van der Waals surface area contributed by atoms with Crippen molar-refractivity contribution in [1.29, 1.82) is 0 Å². The smallest absolute Gasteiger partial charge is 0.407 e. The van der Waals surface area contributed by atoms with Gasteiger partial charge in [-0.05, 0) is 51.2 Å². The van der Waals surface area contributed by atoms with Crippen LogP contribution in [0.5, 0.6) is 0 Å². The van der Waals surface area contributed by atoms with Crippen molar-refractivity contribution >= 4 is 41.9 Å². The van der Waals surface area contributed by atoms with Gasteiger partial charge in [0.05, 0.1) is 16.3 Å². The summed E-state index contributed by atoms with van der Waals surface area (Å²) in [6, 6.07) is 6.61. The Morgan fingerprint density at radius 1 is 1.14 bits per heavy atom. The molecule has 0 unspecified atom stereocenters. The van der Waals surface area contributed by atoms with E-state index in [9.17, 15) is 26.7 Å². The predicted molar refractivity (Wildman–Crippen MR) is 112 cm³/mol. The zero-order valence-corrected chi connectivity index (χ0v) is 19.7. The Bertz CT molecular complexity index is 1130. The summed E-state index contributed by atoms with van der Waals surface area (Å²) >= 11 is 3.20. The molecule has 2 aromatic rings. The van der Waals surface area contributed by atoms with E-state index in [1.807, 2.05) is 20.8 Å². The van der Waals surface area contributed by atoms with Crippen LogP contribution in [0.3, 0.4) is 0 Å². The Balaban J connectivity index is 2.42. The minimum Gasteiger partial charge on any atom is -0.465 e. The third kappa shape index (κ3) is 5.83. The molecule has 0 aliphatic rings.